The Balaban J connectivity index is 1.37. The number of rotatable bonds is 4. The maximum Gasteiger partial charge on any atom is 0.267 e. The summed E-state index contributed by atoms with van der Waals surface area (Å²) < 4.78 is 9.17. The molecule has 1 amide bonds. The molecule has 0 spiro atoms. The van der Waals surface area contributed by atoms with Crippen molar-refractivity contribution in [2.24, 2.45) is 0 Å². The molecule has 24 heavy (non-hydrogen) atoms. The molecular weight excluding hydrogens is 326 g/mol. The van der Waals surface area contributed by atoms with Gasteiger partial charge in [0.25, 0.3) is 5.91 Å². The van der Waals surface area contributed by atoms with Crippen LogP contribution in [0, 0.1) is 6.92 Å². The number of hydrogen-bond donors (Lipinski definition) is 0. The minimum Gasteiger partial charge on any atom is -0.339 e. The van der Waals surface area contributed by atoms with Crippen LogP contribution in [0.5, 0.6) is 0 Å². The van der Waals surface area contributed by atoms with E-state index in [-0.39, 0.29) is 11.8 Å². The summed E-state index contributed by atoms with van der Waals surface area (Å²) in [4.78, 5) is 19.1. The minimum atomic E-state index is -0.0252. The van der Waals surface area contributed by atoms with E-state index in [9.17, 15) is 4.79 Å². The molecule has 2 aromatic heterocycles. The fourth-order valence-electron chi connectivity index (χ4n) is 2.66. The lowest BCUT2D eigenvalue weighted by Gasteiger charge is -2.36. The van der Waals surface area contributed by atoms with Crippen LogP contribution in [-0.4, -0.2) is 43.6 Å². The van der Waals surface area contributed by atoms with Crippen LogP contribution in [0.3, 0.4) is 0 Å². The standard InChI is InChI=1S/C16H15N5O2S/c1-10-14(24-20-18-10)16(22)21-8-12(9-21)15-17-13(19-23-15)7-11-5-3-2-4-6-11/h2-6,12H,7-9H2,1H3. The normalized spacial score (nSPS) is 14.6. The van der Waals surface area contributed by atoms with Crippen LogP contribution in [0.1, 0.15) is 38.6 Å². The number of aromatic nitrogens is 4. The van der Waals surface area contributed by atoms with Gasteiger partial charge in [0, 0.05) is 19.5 Å². The van der Waals surface area contributed by atoms with Crippen molar-refractivity contribution in [1.82, 2.24) is 24.6 Å². The number of hydrogen-bond acceptors (Lipinski definition) is 7. The van der Waals surface area contributed by atoms with Crippen LogP contribution >= 0.6 is 11.5 Å². The highest BCUT2D eigenvalue weighted by molar-refractivity contribution is 7.07. The molecule has 0 aliphatic carbocycles. The highest BCUT2D eigenvalue weighted by atomic mass is 32.1. The summed E-state index contributed by atoms with van der Waals surface area (Å²) in [6, 6.07) is 10.0. The number of benzene rings is 1. The number of nitrogens with zero attached hydrogens (tertiary/aromatic N) is 5. The lowest BCUT2D eigenvalue weighted by molar-refractivity contribution is 0.0573. The van der Waals surface area contributed by atoms with Crippen molar-refractivity contribution >= 4 is 17.4 Å². The molecule has 7 nitrogen and oxygen atoms in total. The summed E-state index contributed by atoms with van der Waals surface area (Å²) in [7, 11) is 0. The zero-order chi connectivity index (χ0) is 16.5. The Kier molecular flexibility index (Phi) is 3.81. The Hall–Kier alpha value is -2.61. The molecule has 4 rings (SSSR count). The number of likely N-dealkylation sites (tertiary alicyclic amines) is 1. The summed E-state index contributed by atoms with van der Waals surface area (Å²) in [6.07, 6.45) is 0.644. The second-order valence-corrected chi connectivity index (χ2v) is 6.56. The maximum absolute atomic E-state index is 12.3. The van der Waals surface area contributed by atoms with Gasteiger partial charge in [0.2, 0.25) is 5.89 Å². The fourth-order valence-corrected chi connectivity index (χ4v) is 3.28. The maximum atomic E-state index is 12.3. The van der Waals surface area contributed by atoms with Crippen LogP contribution in [0.4, 0.5) is 0 Å². The van der Waals surface area contributed by atoms with Crippen molar-refractivity contribution in [3.05, 3.63) is 58.2 Å². The van der Waals surface area contributed by atoms with E-state index in [4.69, 9.17) is 4.52 Å². The SMILES string of the molecule is Cc1nnsc1C(=O)N1CC(c2nc(Cc3ccccc3)no2)C1. The third kappa shape index (κ3) is 2.80. The van der Waals surface area contributed by atoms with E-state index in [1.807, 2.05) is 30.3 Å². The Labute approximate surface area is 142 Å². The summed E-state index contributed by atoms with van der Waals surface area (Å²) in [5.74, 6) is 1.35. The Morgan fingerprint density at radius 3 is 2.83 bits per heavy atom. The van der Waals surface area contributed by atoms with E-state index in [1.54, 1.807) is 11.8 Å². The first kappa shape index (κ1) is 14.9. The summed E-state index contributed by atoms with van der Waals surface area (Å²) in [5.41, 5.74) is 1.82. The van der Waals surface area contributed by atoms with Crippen molar-refractivity contribution in [2.45, 2.75) is 19.3 Å². The molecular formula is C16H15N5O2S. The van der Waals surface area contributed by atoms with Gasteiger partial charge in [-0.3, -0.25) is 4.79 Å². The highest BCUT2D eigenvalue weighted by Gasteiger charge is 2.37. The van der Waals surface area contributed by atoms with Crippen LogP contribution in [0.2, 0.25) is 0 Å². The zero-order valence-electron chi connectivity index (χ0n) is 13.0. The van der Waals surface area contributed by atoms with Crippen molar-refractivity contribution in [1.29, 1.82) is 0 Å². The van der Waals surface area contributed by atoms with Gasteiger partial charge in [0.15, 0.2) is 5.82 Å². The van der Waals surface area contributed by atoms with E-state index >= 15 is 0 Å². The quantitative estimate of drug-likeness (QED) is 0.722. The van der Waals surface area contributed by atoms with E-state index in [1.165, 1.54) is 0 Å². The van der Waals surface area contributed by atoms with E-state index < -0.39 is 0 Å². The topological polar surface area (TPSA) is 85.0 Å². The average molecular weight is 341 g/mol. The summed E-state index contributed by atoms with van der Waals surface area (Å²) in [6.45, 7) is 2.97. The van der Waals surface area contributed by atoms with Gasteiger partial charge in [-0.1, -0.05) is 40.0 Å². The highest BCUT2D eigenvalue weighted by Crippen LogP contribution is 2.28. The van der Waals surface area contributed by atoms with Gasteiger partial charge in [0.1, 0.15) is 4.88 Å². The molecule has 0 bridgehead atoms. The Morgan fingerprint density at radius 2 is 2.12 bits per heavy atom. The lowest BCUT2D eigenvalue weighted by Crippen LogP contribution is -2.48. The van der Waals surface area contributed by atoms with Crippen LogP contribution in [0.15, 0.2) is 34.9 Å². The first-order chi connectivity index (χ1) is 11.7. The zero-order valence-corrected chi connectivity index (χ0v) is 13.9. The molecule has 0 radical (unpaired) electrons. The number of aryl methyl sites for hydroxylation is 1. The molecule has 3 aromatic rings. The second-order valence-electron chi connectivity index (χ2n) is 5.81. The average Bonchev–Trinajstić information content (AvgIpc) is 3.16. The Bertz CT molecular complexity index is 854. The van der Waals surface area contributed by atoms with Crippen LogP contribution < -0.4 is 0 Å². The Morgan fingerprint density at radius 1 is 1.33 bits per heavy atom. The smallest absolute Gasteiger partial charge is 0.267 e. The van der Waals surface area contributed by atoms with Crippen molar-refractivity contribution in [2.75, 3.05) is 13.1 Å². The first-order valence-corrected chi connectivity index (χ1v) is 8.42. The molecule has 1 saturated heterocycles. The molecule has 0 saturated carbocycles. The molecule has 0 atom stereocenters. The van der Waals surface area contributed by atoms with Gasteiger partial charge >= 0.3 is 0 Å². The molecule has 1 aliphatic heterocycles. The third-order valence-corrected chi connectivity index (χ3v) is 4.87. The van der Waals surface area contributed by atoms with Gasteiger partial charge in [0.05, 0.1) is 11.6 Å². The molecule has 1 aliphatic rings. The van der Waals surface area contributed by atoms with Crippen molar-refractivity contribution in [3.63, 3.8) is 0 Å². The van der Waals surface area contributed by atoms with E-state index in [0.29, 0.717) is 41.8 Å². The third-order valence-electron chi connectivity index (χ3n) is 4.05. The van der Waals surface area contributed by atoms with Crippen LogP contribution in [-0.2, 0) is 6.42 Å². The number of amides is 1. The minimum absolute atomic E-state index is 0.0252. The van der Waals surface area contributed by atoms with Gasteiger partial charge in [-0.15, -0.1) is 5.10 Å². The molecule has 8 heteroatoms. The van der Waals surface area contributed by atoms with E-state index in [0.717, 1.165) is 17.1 Å². The fraction of sp³-hybridized carbons (Fsp3) is 0.312. The van der Waals surface area contributed by atoms with Crippen molar-refractivity contribution in [3.8, 4) is 0 Å². The van der Waals surface area contributed by atoms with E-state index in [2.05, 4.69) is 19.7 Å². The van der Waals surface area contributed by atoms with Crippen LogP contribution in [0.25, 0.3) is 0 Å². The summed E-state index contributed by atoms with van der Waals surface area (Å²) >= 11 is 1.13. The molecule has 122 valence electrons. The van der Waals surface area contributed by atoms with Gasteiger partial charge in [-0.2, -0.15) is 4.98 Å². The van der Waals surface area contributed by atoms with Gasteiger partial charge in [-0.25, -0.2) is 0 Å². The summed E-state index contributed by atoms with van der Waals surface area (Å²) in [5, 5.41) is 7.92. The number of carbonyl (C=O) groups excluding carboxylic acids is 1. The molecule has 3 heterocycles. The molecule has 0 N–H and O–H groups in total. The predicted octanol–water partition coefficient (Wildman–Crippen LogP) is 2.06. The van der Waals surface area contributed by atoms with Gasteiger partial charge in [-0.05, 0) is 24.0 Å². The predicted molar refractivity (Wildman–Crippen MR) is 86.8 cm³/mol. The molecule has 1 fully saturated rings. The molecule has 0 unspecified atom stereocenters. The first-order valence-electron chi connectivity index (χ1n) is 7.65. The molecule has 1 aromatic carbocycles. The van der Waals surface area contributed by atoms with Gasteiger partial charge < -0.3 is 9.42 Å². The van der Waals surface area contributed by atoms with Crippen molar-refractivity contribution < 1.29 is 9.32 Å². The second kappa shape index (κ2) is 6.12. The lowest BCUT2D eigenvalue weighted by atomic mass is 10.00. The number of carbonyl (C=O) groups is 1. The monoisotopic (exact) mass is 341 g/mol. The largest absolute Gasteiger partial charge is 0.339 e.